The van der Waals surface area contributed by atoms with Crippen LogP contribution >= 0.6 is 0 Å². The van der Waals surface area contributed by atoms with E-state index < -0.39 is 23.9 Å². The maximum absolute atomic E-state index is 11.9. The van der Waals surface area contributed by atoms with Crippen LogP contribution in [0.3, 0.4) is 0 Å². The van der Waals surface area contributed by atoms with Crippen molar-refractivity contribution in [2.75, 3.05) is 26.7 Å². The topological polar surface area (TPSA) is 125 Å². The summed E-state index contributed by atoms with van der Waals surface area (Å²) in [6, 6.07) is -1.42. The predicted molar refractivity (Wildman–Crippen MR) is 85.2 cm³/mol. The first-order valence-corrected chi connectivity index (χ1v) is 7.76. The Morgan fingerprint density at radius 1 is 1.00 bits per heavy atom. The van der Waals surface area contributed by atoms with E-state index in [1.54, 1.807) is 7.05 Å². The van der Waals surface area contributed by atoms with Gasteiger partial charge in [0.05, 0.1) is 6.42 Å². The highest BCUT2D eigenvalue weighted by atomic mass is 16.2. The quantitative estimate of drug-likeness (QED) is 0.310. The lowest BCUT2D eigenvalue weighted by molar-refractivity contribution is -0.126. The zero-order valence-corrected chi connectivity index (χ0v) is 13.5. The van der Waals surface area contributed by atoms with Crippen molar-refractivity contribution in [2.45, 2.75) is 45.1 Å². The van der Waals surface area contributed by atoms with E-state index >= 15 is 0 Å². The second kappa shape index (κ2) is 12.9. The molecule has 0 aliphatic rings. The van der Waals surface area contributed by atoms with Crippen molar-refractivity contribution in [2.24, 2.45) is 5.73 Å². The first-order chi connectivity index (χ1) is 10.5. The number of nitrogens with two attached hydrogens (primary N) is 1. The maximum atomic E-state index is 11.9. The molecule has 22 heavy (non-hydrogen) atoms. The van der Waals surface area contributed by atoms with Gasteiger partial charge in [0.2, 0.25) is 11.8 Å². The number of carbonyl (C=O) groups excluding carboxylic acids is 3. The molecule has 1 atom stereocenters. The van der Waals surface area contributed by atoms with Crippen molar-refractivity contribution in [1.82, 2.24) is 21.3 Å². The van der Waals surface area contributed by atoms with Gasteiger partial charge in [-0.2, -0.15) is 0 Å². The smallest absolute Gasteiger partial charge is 0.315 e. The molecule has 4 amide bonds. The van der Waals surface area contributed by atoms with Gasteiger partial charge in [0, 0.05) is 19.6 Å². The van der Waals surface area contributed by atoms with Crippen LogP contribution in [-0.2, 0) is 9.59 Å². The summed E-state index contributed by atoms with van der Waals surface area (Å²) in [6.07, 6.45) is 3.96. The van der Waals surface area contributed by atoms with Crippen LogP contribution in [0.15, 0.2) is 0 Å². The summed E-state index contributed by atoms with van der Waals surface area (Å²) < 4.78 is 0. The van der Waals surface area contributed by atoms with E-state index in [1.807, 2.05) is 0 Å². The SMILES string of the molecule is CCCCCCNC(=O)N[C@H](CC(N)=O)C(=O)NCCNC. The van der Waals surface area contributed by atoms with E-state index in [4.69, 9.17) is 5.73 Å². The highest BCUT2D eigenvalue weighted by molar-refractivity contribution is 5.91. The van der Waals surface area contributed by atoms with Gasteiger partial charge in [0.1, 0.15) is 6.04 Å². The van der Waals surface area contributed by atoms with Crippen molar-refractivity contribution < 1.29 is 14.4 Å². The molecule has 0 aromatic heterocycles. The Morgan fingerprint density at radius 3 is 2.32 bits per heavy atom. The van der Waals surface area contributed by atoms with E-state index in [1.165, 1.54) is 0 Å². The first-order valence-electron chi connectivity index (χ1n) is 7.76. The Hall–Kier alpha value is -1.83. The third-order valence-electron chi connectivity index (χ3n) is 3.02. The van der Waals surface area contributed by atoms with Gasteiger partial charge in [0.25, 0.3) is 0 Å². The summed E-state index contributed by atoms with van der Waals surface area (Å²) in [7, 11) is 1.76. The summed E-state index contributed by atoms with van der Waals surface area (Å²) in [5.41, 5.74) is 5.11. The number of likely N-dealkylation sites (N-methyl/N-ethyl adjacent to an activating group) is 1. The normalized spacial score (nSPS) is 11.5. The number of hydrogen-bond acceptors (Lipinski definition) is 4. The minimum atomic E-state index is -0.954. The van der Waals surface area contributed by atoms with E-state index in [2.05, 4.69) is 28.2 Å². The molecule has 0 aromatic rings. The zero-order valence-electron chi connectivity index (χ0n) is 13.5. The summed E-state index contributed by atoms with van der Waals surface area (Å²) in [5, 5.41) is 10.7. The summed E-state index contributed by atoms with van der Waals surface area (Å²) in [6.45, 7) is 3.65. The zero-order chi connectivity index (χ0) is 16.8. The fraction of sp³-hybridized carbons (Fsp3) is 0.786. The van der Waals surface area contributed by atoms with Crippen molar-refractivity contribution in [3.63, 3.8) is 0 Å². The minimum Gasteiger partial charge on any atom is -0.370 e. The van der Waals surface area contributed by atoms with Crippen LogP contribution in [0.2, 0.25) is 0 Å². The number of hydrogen-bond donors (Lipinski definition) is 5. The summed E-state index contributed by atoms with van der Waals surface area (Å²) >= 11 is 0. The molecule has 0 aliphatic carbocycles. The molecule has 8 heteroatoms. The van der Waals surface area contributed by atoms with Gasteiger partial charge in [-0.3, -0.25) is 9.59 Å². The number of primary amides is 1. The number of urea groups is 1. The average molecular weight is 315 g/mol. The first kappa shape index (κ1) is 20.2. The minimum absolute atomic E-state index is 0.228. The van der Waals surface area contributed by atoms with Crippen LogP contribution in [0, 0.1) is 0 Å². The maximum Gasteiger partial charge on any atom is 0.315 e. The average Bonchev–Trinajstić information content (AvgIpc) is 2.46. The predicted octanol–water partition coefficient (Wildman–Crippen LogP) is -0.554. The van der Waals surface area contributed by atoms with E-state index in [9.17, 15) is 14.4 Å². The molecule has 8 nitrogen and oxygen atoms in total. The summed E-state index contributed by atoms with van der Waals surface area (Å²) in [4.78, 5) is 34.7. The number of carbonyl (C=O) groups is 3. The lowest BCUT2D eigenvalue weighted by Crippen LogP contribution is -2.52. The highest BCUT2D eigenvalue weighted by Gasteiger charge is 2.22. The molecule has 0 unspecified atom stereocenters. The number of unbranched alkanes of at least 4 members (excludes halogenated alkanes) is 3. The fourth-order valence-corrected chi connectivity index (χ4v) is 1.81. The van der Waals surface area contributed by atoms with Gasteiger partial charge in [-0.25, -0.2) is 4.79 Å². The monoisotopic (exact) mass is 315 g/mol. The molecule has 0 bridgehead atoms. The standard InChI is InChI=1S/C14H29N5O3/c1-3-4-5-6-7-18-14(22)19-11(10-12(15)20)13(21)17-9-8-16-2/h11,16H,3-10H2,1-2H3,(H2,15,20)(H,17,21)(H2,18,19,22)/t11-/m1/s1. The molecular formula is C14H29N5O3. The number of amides is 4. The number of rotatable bonds is 12. The molecule has 0 fully saturated rings. The molecule has 0 rings (SSSR count). The lowest BCUT2D eigenvalue weighted by atomic mass is 10.2. The molecule has 6 N–H and O–H groups in total. The molecule has 128 valence electrons. The highest BCUT2D eigenvalue weighted by Crippen LogP contribution is 1.97. The van der Waals surface area contributed by atoms with Crippen molar-refractivity contribution in [1.29, 1.82) is 0 Å². The summed E-state index contributed by atoms with van der Waals surface area (Å²) in [5.74, 6) is -1.06. The van der Waals surface area contributed by atoms with Crippen molar-refractivity contribution in [3.05, 3.63) is 0 Å². The molecular weight excluding hydrogens is 286 g/mol. The van der Waals surface area contributed by atoms with Crippen molar-refractivity contribution in [3.8, 4) is 0 Å². The Balaban J connectivity index is 4.18. The van der Waals surface area contributed by atoms with E-state index in [0.717, 1.165) is 25.7 Å². The Morgan fingerprint density at radius 2 is 1.73 bits per heavy atom. The van der Waals surface area contributed by atoms with Crippen LogP contribution in [0.4, 0.5) is 4.79 Å². The Kier molecular flexibility index (Phi) is 11.8. The Bertz CT molecular complexity index is 349. The van der Waals surface area contributed by atoms with Crippen LogP contribution in [0.5, 0.6) is 0 Å². The van der Waals surface area contributed by atoms with E-state index in [-0.39, 0.29) is 6.42 Å². The van der Waals surface area contributed by atoms with Crippen molar-refractivity contribution >= 4 is 17.8 Å². The largest absolute Gasteiger partial charge is 0.370 e. The number of nitrogens with one attached hydrogen (secondary N) is 4. The lowest BCUT2D eigenvalue weighted by Gasteiger charge is -2.17. The molecule has 0 saturated heterocycles. The third-order valence-corrected chi connectivity index (χ3v) is 3.02. The van der Waals surface area contributed by atoms with E-state index in [0.29, 0.717) is 19.6 Å². The van der Waals surface area contributed by atoms with Gasteiger partial charge in [0.15, 0.2) is 0 Å². The second-order valence-corrected chi connectivity index (χ2v) is 5.08. The molecule has 0 spiro atoms. The van der Waals surface area contributed by atoms with Crippen LogP contribution in [0.25, 0.3) is 0 Å². The van der Waals surface area contributed by atoms with Crippen LogP contribution in [-0.4, -0.2) is 50.6 Å². The second-order valence-electron chi connectivity index (χ2n) is 5.08. The van der Waals surface area contributed by atoms with Crippen LogP contribution < -0.4 is 27.0 Å². The molecule has 0 radical (unpaired) electrons. The van der Waals surface area contributed by atoms with Gasteiger partial charge >= 0.3 is 6.03 Å². The van der Waals surface area contributed by atoms with Gasteiger partial charge in [-0.05, 0) is 13.5 Å². The van der Waals surface area contributed by atoms with Crippen LogP contribution in [0.1, 0.15) is 39.0 Å². The van der Waals surface area contributed by atoms with Gasteiger partial charge in [-0.15, -0.1) is 0 Å². The Labute approximate surface area is 132 Å². The molecule has 0 saturated carbocycles. The fourth-order valence-electron chi connectivity index (χ4n) is 1.81. The molecule has 0 aromatic carbocycles. The molecule has 0 aliphatic heterocycles. The van der Waals surface area contributed by atoms with Gasteiger partial charge < -0.3 is 27.0 Å². The third kappa shape index (κ3) is 10.9. The van der Waals surface area contributed by atoms with Gasteiger partial charge in [-0.1, -0.05) is 26.2 Å². The molecule has 0 heterocycles.